The molecule has 0 fully saturated rings. The first-order valence-corrected chi connectivity index (χ1v) is 6.12. The fourth-order valence-electron chi connectivity index (χ4n) is 1.81. The van der Waals surface area contributed by atoms with Gasteiger partial charge in [0.1, 0.15) is 5.82 Å². The van der Waals surface area contributed by atoms with Crippen molar-refractivity contribution in [2.45, 2.75) is 20.8 Å². The summed E-state index contributed by atoms with van der Waals surface area (Å²) in [6, 6.07) is 10.1. The van der Waals surface area contributed by atoms with E-state index in [2.05, 4.69) is 5.32 Å². The van der Waals surface area contributed by atoms with E-state index in [0.717, 1.165) is 11.3 Å². The molecule has 0 aliphatic rings. The number of rotatable bonds is 2. The molecule has 0 aliphatic heterocycles. The van der Waals surface area contributed by atoms with Crippen LogP contribution in [0.3, 0.4) is 0 Å². The summed E-state index contributed by atoms with van der Waals surface area (Å²) < 4.78 is 13.2. The minimum Gasteiger partial charge on any atom is -0.322 e. The predicted octanol–water partition coefficient (Wildman–Crippen LogP) is 4.00. The van der Waals surface area contributed by atoms with Gasteiger partial charge in [0.25, 0.3) is 5.91 Å². The molecule has 98 valence electrons. The second-order valence-corrected chi connectivity index (χ2v) is 4.72. The summed E-state index contributed by atoms with van der Waals surface area (Å²) in [5.74, 6) is -0.533. The van der Waals surface area contributed by atoms with E-state index in [4.69, 9.17) is 0 Å². The number of benzene rings is 2. The summed E-state index contributed by atoms with van der Waals surface area (Å²) >= 11 is 0. The van der Waals surface area contributed by atoms with E-state index >= 15 is 0 Å². The van der Waals surface area contributed by atoms with Gasteiger partial charge in [0.15, 0.2) is 0 Å². The molecule has 0 saturated heterocycles. The van der Waals surface area contributed by atoms with Gasteiger partial charge in [-0.15, -0.1) is 0 Å². The number of anilines is 1. The highest BCUT2D eigenvalue weighted by Gasteiger charge is 2.08. The molecule has 2 nitrogen and oxygen atoms in total. The highest BCUT2D eigenvalue weighted by atomic mass is 19.1. The molecule has 19 heavy (non-hydrogen) atoms. The van der Waals surface area contributed by atoms with Crippen LogP contribution in [-0.2, 0) is 0 Å². The van der Waals surface area contributed by atoms with Gasteiger partial charge in [-0.1, -0.05) is 6.07 Å². The van der Waals surface area contributed by atoms with Gasteiger partial charge in [-0.2, -0.15) is 0 Å². The zero-order valence-corrected chi connectivity index (χ0v) is 11.3. The van der Waals surface area contributed by atoms with Gasteiger partial charge < -0.3 is 5.32 Å². The fraction of sp³-hybridized carbons (Fsp3) is 0.188. The quantitative estimate of drug-likeness (QED) is 0.865. The number of carbonyl (C=O) groups is 1. The SMILES string of the molecule is Cc1ccc(NC(=O)c2ccc(F)c(C)c2)cc1C. The van der Waals surface area contributed by atoms with Crippen molar-refractivity contribution in [3.8, 4) is 0 Å². The van der Waals surface area contributed by atoms with Crippen LogP contribution in [0.1, 0.15) is 27.0 Å². The highest BCUT2D eigenvalue weighted by molar-refractivity contribution is 6.04. The monoisotopic (exact) mass is 257 g/mol. The molecular weight excluding hydrogens is 241 g/mol. The Kier molecular flexibility index (Phi) is 3.65. The number of hydrogen-bond acceptors (Lipinski definition) is 1. The maximum Gasteiger partial charge on any atom is 0.255 e. The van der Waals surface area contributed by atoms with Crippen molar-refractivity contribution in [2.24, 2.45) is 0 Å². The largest absolute Gasteiger partial charge is 0.322 e. The number of amides is 1. The van der Waals surface area contributed by atoms with Crippen LogP contribution in [-0.4, -0.2) is 5.91 Å². The second kappa shape index (κ2) is 5.22. The first kappa shape index (κ1) is 13.3. The van der Waals surface area contributed by atoms with E-state index in [0.29, 0.717) is 11.1 Å². The van der Waals surface area contributed by atoms with E-state index in [9.17, 15) is 9.18 Å². The van der Waals surface area contributed by atoms with Gasteiger partial charge in [-0.05, 0) is 67.8 Å². The lowest BCUT2D eigenvalue weighted by Gasteiger charge is -2.08. The zero-order chi connectivity index (χ0) is 14.0. The molecular formula is C16H16FNO. The predicted molar refractivity (Wildman–Crippen MR) is 75.0 cm³/mol. The average molecular weight is 257 g/mol. The Balaban J connectivity index is 2.20. The van der Waals surface area contributed by atoms with E-state index in [1.807, 2.05) is 32.0 Å². The molecule has 0 saturated carbocycles. The Labute approximate surface area is 112 Å². The topological polar surface area (TPSA) is 29.1 Å². The van der Waals surface area contributed by atoms with Crippen molar-refractivity contribution in [3.05, 3.63) is 64.5 Å². The molecule has 0 radical (unpaired) electrons. The van der Waals surface area contributed by atoms with Crippen LogP contribution in [0.15, 0.2) is 36.4 Å². The van der Waals surface area contributed by atoms with Crippen molar-refractivity contribution in [3.63, 3.8) is 0 Å². The van der Waals surface area contributed by atoms with Crippen LogP contribution in [0.2, 0.25) is 0 Å². The fourth-order valence-corrected chi connectivity index (χ4v) is 1.81. The van der Waals surface area contributed by atoms with Crippen LogP contribution in [0.25, 0.3) is 0 Å². The van der Waals surface area contributed by atoms with Crippen molar-refractivity contribution in [1.29, 1.82) is 0 Å². The summed E-state index contributed by atoms with van der Waals surface area (Å²) in [5.41, 5.74) is 3.96. The maximum absolute atomic E-state index is 13.2. The van der Waals surface area contributed by atoms with Crippen LogP contribution in [0, 0.1) is 26.6 Å². The third-order valence-electron chi connectivity index (χ3n) is 3.18. The number of halogens is 1. The molecule has 0 unspecified atom stereocenters. The molecule has 1 N–H and O–H groups in total. The van der Waals surface area contributed by atoms with Gasteiger partial charge in [-0.3, -0.25) is 4.79 Å². The van der Waals surface area contributed by atoms with E-state index < -0.39 is 0 Å². The molecule has 3 heteroatoms. The van der Waals surface area contributed by atoms with Crippen molar-refractivity contribution < 1.29 is 9.18 Å². The van der Waals surface area contributed by atoms with Gasteiger partial charge >= 0.3 is 0 Å². The molecule has 0 atom stereocenters. The lowest BCUT2D eigenvalue weighted by molar-refractivity contribution is 0.102. The molecule has 2 aromatic carbocycles. The summed E-state index contributed by atoms with van der Waals surface area (Å²) in [6.07, 6.45) is 0. The van der Waals surface area contributed by atoms with Gasteiger partial charge in [0.2, 0.25) is 0 Å². The molecule has 2 aromatic rings. The number of nitrogens with one attached hydrogen (secondary N) is 1. The van der Waals surface area contributed by atoms with Crippen LogP contribution >= 0.6 is 0 Å². The van der Waals surface area contributed by atoms with E-state index in [-0.39, 0.29) is 11.7 Å². The van der Waals surface area contributed by atoms with Gasteiger partial charge in [0, 0.05) is 11.3 Å². The second-order valence-electron chi connectivity index (χ2n) is 4.72. The lowest BCUT2D eigenvalue weighted by atomic mass is 10.1. The molecule has 0 aromatic heterocycles. The zero-order valence-electron chi connectivity index (χ0n) is 11.3. The van der Waals surface area contributed by atoms with Crippen LogP contribution in [0.5, 0.6) is 0 Å². The number of carbonyl (C=O) groups excluding carboxylic acids is 1. The van der Waals surface area contributed by atoms with Gasteiger partial charge in [0.05, 0.1) is 0 Å². The highest BCUT2D eigenvalue weighted by Crippen LogP contribution is 2.16. The Morgan fingerprint density at radius 3 is 2.32 bits per heavy atom. The molecule has 0 aliphatic carbocycles. The lowest BCUT2D eigenvalue weighted by Crippen LogP contribution is -2.12. The van der Waals surface area contributed by atoms with Crippen molar-refractivity contribution >= 4 is 11.6 Å². The normalized spacial score (nSPS) is 10.3. The first-order chi connectivity index (χ1) is 8.97. The Bertz CT molecular complexity index is 635. The van der Waals surface area contributed by atoms with Crippen LogP contribution in [0.4, 0.5) is 10.1 Å². The third kappa shape index (κ3) is 2.99. The molecule has 1 amide bonds. The van der Waals surface area contributed by atoms with Crippen LogP contribution < -0.4 is 5.32 Å². The van der Waals surface area contributed by atoms with Crippen molar-refractivity contribution in [2.75, 3.05) is 5.32 Å². The number of aryl methyl sites for hydroxylation is 3. The molecule has 0 bridgehead atoms. The van der Waals surface area contributed by atoms with Crippen molar-refractivity contribution in [1.82, 2.24) is 0 Å². The van der Waals surface area contributed by atoms with E-state index in [1.165, 1.54) is 17.7 Å². The Hall–Kier alpha value is -2.16. The first-order valence-electron chi connectivity index (χ1n) is 6.12. The number of hydrogen-bond donors (Lipinski definition) is 1. The standard InChI is InChI=1S/C16H16FNO/c1-10-4-6-14(9-11(10)2)18-16(19)13-5-7-15(17)12(3)8-13/h4-9H,1-3H3,(H,18,19). The van der Waals surface area contributed by atoms with E-state index in [1.54, 1.807) is 13.0 Å². The minimum absolute atomic E-state index is 0.230. The molecule has 2 rings (SSSR count). The average Bonchev–Trinajstić information content (AvgIpc) is 2.37. The smallest absolute Gasteiger partial charge is 0.255 e. The Morgan fingerprint density at radius 2 is 1.68 bits per heavy atom. The molecule has 0 spiro atoms. The Morgan fingerprint density at radius 1 is 0.947 bits per heavy atom. The minimum atomic E-state index is -0.303. The summed E-state index contributed by atoms with van der Waals surface area (Å²) in [6.45, 7) is 5.65. The maximum atomic E-state index is 13.2. The summed E-state index contributed by atoms with van der Waals surface area (Å²) in [7, 11) is 0. The third-order valence-corrected chi connectivity index (χ3v) is 3.18. The molecule has 0 heterocycles. The van der Waals surface area contributed by atoms with Gasteiger partial charge in [-0.25, -0.2) is 4.39 Å². The summed E-state index contributed by atoms with van der Waals surface area (Å²) in [5, 5.41) is 2.81. The summed E-state index contributed by atoms with van der Waals surface area (Å²) in [4.78, 5) is 12.0.